The minimum Gasteiger partial charge on any atom is -0.508 e. The van der Waals surface area contributed by atoms with Gasteiger partial charge in [-0.3, -0.25) is 0 Å². The molecule has 4 heterocycles. The van der Waals surface area contributed by atoms with Crippen molar-refractivity contribution in [3.63, 3.8) is 0 Å². The summed E-state index contributed by atoms with van der Waals surface area (Å²) in [5.74, 6) is 3.84. The molecule has 2 N–H and O–H groups in total. The van der Waals surface area contributed by atoms with Crippen molar-refractivity contribution in [2.24, 2.45) is 0 Å². The summed E-state index contributed by atoms with van der Waals surface area (Å²) in [7, 11) is 0. The molecule has 31 heavy (non-hydrogen) atoms. The summed E-state index contributed by atoms with van der Waals surface area (Å²) in [6.45, 7) is 3.61. The van der Waals surface area contributed by atoms with E-state index >= 15 is 0 Å². The number of aromatic hydroxyl groups is 1. The fraction of sp³-hybridized carbons (Fsp3) is 0.583. The van der Waals surface area contributed by atoms with E-state index in [9.17, 15) is 5.11 Å². The van der Waals surface area contributed by atoms with Crippen LogP contribution in [-0.2, 0) is 11.2 Å². The number of ether oxygens (including phenoxy) is 1. The quantitative estimate of drug-likeness (QED) is 0.721. The first kappa shape index (κ1) is 20.9. The van der Waals surface area contributed by atoms with E-state index < -0.39 is 0 Å². The molecule has 0 radical (unpaired) electrons. The summed E-state index contributed by atoms with van der Waals surface area (Å²) in [5.41, 5.74) is 2.45. The van der Waals surface area contributed by atoms with Gasteiger partial charge in [-0.2, -0.15) is 4.98 Å². The molecular formula is C24H32N4O2S. The molecule has 1 atom stereocenters. The molecule has 6 nitrogen and oxygen atoms in total. The van der Waals surface area contributed by atoms with Crippen molar-refractivity contribution in [1.29, 1.82) is 0 Å². The van der Waals surface area contributed by atoms with Crippen molar-refractivity contribution >= 4 is 23.5 Å². The van der Waals surface area contributed by atoms with Crippen molar-refractivity contribution < 1.29 is 9.84 Å². The lowest BCUT2D eigenvalue weighted by atomic mass is 9.89. The molecule has 0 spiro atoms. The number of phenolic OH excluding ortho intramolecular Hbond substituents is 1. The number of hydrogen-bond acceptors (Lipinski definition) is 7. The first-order valence-electron chi connectivity index (χ1n) is 11.7. The number of hydrogen-bond donors (Lipinski definition) is 2. The molecule has 5 rings (SSSR count). The number of nitrogens with zero attached hydrogens (tertiary/aromatic N) is 3. The van der Waals surface area contributed by atoms with Gasteiger partial charge in [0.2, 0.25) is 5.95 Å². The number of phenols is 1. The highest BCUT2D eigenvalue weighted by Crippen LogP contribution is 2.38. The van der Waals surface area contributed by atoms with Gasteiger partial charge in [0.1, 0.15) is 11.6 Å². The zero-order valence-electron chi connectivity index (χ0n) is 18.1. The van der Waals surface area contributed by atoms with Crippen LogP contribution in [0, 0.1) is 0 Å². The van der Waals surface area contributed by atoms with Gasteiger partial charge in [-0.25, -0.2) is 4.98 Å². The van der Waals surface area contributed by atoms with E-state index in [0.29, 0.717) is 17.7 Å². The van der Waals surface area contributed by atoms with E-state index in [2.05, 4.69) is 16.3 Å². The minimum atomic E-state index is 0.361. The molecule has 2 saturated heterocycles. The van der Waals surface area contributed by atoms with E-state index in [1.165, 1.54) is 29.0 Å². The summed E-state index contributed by atoms with van der Waals surface area (Å²) in [5, 5.41) is 13.6. The number of rotatable bonds is 4. The predicted octanol–water partition coefficient (Wildman–Crippen LogP) is 4.59. The molecule has 3 aliphatic heterocycles. The fourth-order valence-electron chi connectivity index (χ4n) is 4.90. The number of benzene rings is 1. The molecule has 2 aromatic rings. The Morgan fingerprint density at radius 2 is 1.97 bits per heavy atom. The lowest BCUT2D eigenvalue weighted by Gasteiger charge is -2.30. The largest absolute Gasteiger partial charge is 0.508 e. The zero-order valence-corrected chi connectivity index (χ0v) is 18.9. The number of fused-ring (bicyclic) bond motifs is 1. The van der Waals surface area contributed by atoms with E-state index in [1.54, 1.807) is 6.07 Å². The first-order chi connectivity index (χ1) is 15.3. The molecule has 1 aromatic heterocycles. The number of nitrogens with one attached hydrogen (secondary N) is 1. The van der Waals surface area contributed by atoms with Crippen LogP contribution in [0.25, 0.3) is 0 Å². The number of thioether (sulfide) groups is 1. The van der Waals surface area contributed by atoms with Crippen LogP contribution in [-0.4, -0.2) is 53.2 Å². The zero-order chi connectivity index (χ0) is 21.0. The van der Waals surface area contributed by atoms with Crippen LogP contribution in [0.15, 0.2) is 29.2 Å². The van der Waals surface area contributed by atoms with E-state index in [0.717, 1.165) is 75.9 Å². The van der Waals surface area contributed by atoms with Gasteiger partial charge in [0.05, 0.1) is 10.6 Å². The Labute approximate surface area is 188 Å². The topological polar surface area (TPSA) is 70.5 Å². The second kappa shape index (κ2) is 9.65. The Bertz CT molecular complexity index is 903. The van der Waals surface area contributed by atoms with E-state index in [-0.39, 0.29) is 0 Å². The molecule has 166 valence electrons. The normalized spacial score (nSPS) is 22.6. The van der Waals surface area contributed by atoms with Crippen LogP contribution in [0.5, 0.6) is 5.75 Å². The van der Waals surface area contributed by atoms with Crippen molar-refractivity contribution in [3.05, 3.63) is 35.5 Å². The summed E-state index contributed by atoms with van der Waals surface area (Å²) in [6.07, 6.45) is 7.66. The highest BCUT2D eigenvalue weighted by Gasteiger charge is 2.26. The summed E-state index contributed by atoms with van der Waals surface area (Å²) < 4.78 is 5.53. The van der Waals surface area contributed by atoms with Gasteiger partial charge < -0.3 is 20.1 Å². The molecule has 0 saturated carbocycles. The van der Waals surface area contributed by atoms with Crippen molar-refractivity contribution in [2.45, 2.75) is 61.8 Å². The van der Waals surface area contributed by atoms with E-state index in [4.69, 9.17) is 14.7 Å². The lowest BCUT2D eigenvalue weighted by molar-refractivity contribution is 0.0903. The van der Waals surface area contributed by atoms with Crippen molar-refractivity contribution in [1.82, 2.24) is 9.97 Å². The summed E-state index contributed by atoms with van der Waals surface area (Å²) in [4.78, 5) is 13.7. The Hall–Kier alpha value is -1.99. The number of anilines is 2. The molecule has 0 amide bonds. The second-order valence-electron chi connectivity index (χ2n) is 8.84. The Morgan fingerprint density at radius 3 is 2.84 bits per heavy atom. The monoisotopic (exact) mass is 440 g/mol. The SMILES string of the molecule is Oc1cccc(C2CCCCN(c3nc4c(c(NC5CCOCC5)n3)SCC4)CC2)c1. The van der Waals surface area contributed by atoms with Gasteiger partial charge >= 0.3 is 0 Å². The third-order valence-electron chi connectivity index (χ3n) is 6.67. The van der Waals surface area contributed by atoms with Crippen LogP contribution in [0.4, 0.5) is 11.8 Å². The maximum absolute atomic E-state index is 9.91. The van der Waals surface area contributed by atoms with Crippen LogP contribution in [0.1, 0.15) is 55.7 Å². The average Bonchev–Trinajstić information content (AvgIpc) is 3.24. The molecule has 0 aliphatic carbocycles. The fourth-order valence-corrected chi connectivity index (χ4v) is 5.96. The van der Waals surface area contributed by atoms with Crippen LogP contribution in [0.3, 0.4) is 0 Å². The third-order valence-corrected chi connectivity index (χ3v) is 7.80. The molecule has 3 aliphatic rings. The predicted molar refractivity (Wildman–Crippen MR) is 125 cm³/mol. The number of aromatic nitrogens is 2. The smallest absolute Gasteiger partial charge is 0.227 e. The minimum absolute atomic E-state index is 0.361. The average molecular weight is 441 g/mol. The molecule has 2 fully saturated rings. The number of aryl methyl sites for hydroxylation is 1. The standard InChI is InChI=1S/C24H32N4O2S/c29-20-6-3-5-18(16-20)17-4-1-2-11-28(12-7-17)24-26-21-10-15-31-22(21)23(27-24)25-19-8-13-30-14-9-19/h3,5-6,16-17,19,29H,1-2,4,7-15H2,(H,25,26,27). The van der Waals surface area contributed by atoms with Crippen molar-refractivity contribution in [3.8, 4) is 5.75 Å². The van der Waals surface area contributed by atoms with Gasteiger partial charge in [0.25, 0.3) is 0 Å². The van der Waals surface area contributed by atoms with Crippen LogP contribution >= 0.6 is 11.8 Å². The van der Waals surface area contributed by atoms with E-state index in [1.807, 2.05) is 23.9 Å². The molecule has 1 unspecified atom stereocenters. The molecular weight excluding hydrogens is 408 g/mol. The first-order valence-corrected chi connectivity index (χ1v) is 12.7. The van der Waals surface area contributed by atoms with Gasteiger partial charge in [0, 0.05) is 44.5 Å². The highest BCUT2D eigenvalue weighted by molar-refractivity contribution is 7.99. The molecule has 7 heteroatoms. The third kappa shape index (κ3) is 4.93. The van der Waals surface area contributed by atoms with Crippen molar-refractivity contribution in [2.75, 3.05) is 42.3 Å². The molecule has 1 aromatic carbocycles. The van der Waals surface area contributed by atoms with Gasteiger partial charge in [-0.05, 0) is 55.7 Å². The summed E-state index contributed by atoms with van der Waals surface area (Å²) in [6, 6.07) is 8.22. The van der Waals surface area contributed by atoms with Crippen LogP contribution < -0.4 is 10.2 Å². The maximum Gasteiger partial charge on any atom is 0.227 e. The van der Waals surface area contributed by atoms with Gasteiger partial charge in [-0.15, -0.1) is 11.8 Å². The lowest BCUT2D eigenvalue weighted by Crippen LogP contribution is -2.32. The highest BCUT2D eigenvalue weighted by atomic mass is 32.2. The Morgan fingerprint density at radius 1 is 1.06 bits per heavy atom. The molecule has 0 bridgehead atoms. The Kier molecular flexibility index (Phi) is 6.50. The summed E-state index contributed by atoms with van der Waals surface area (Å²) >= 11 is 1.88. The van der Waals surface area contributed by atoms with Gasteiger partial charge in [0.15, 0.2) is 0 Å². The Balaban J connectivity index is 1.35. The second-order valence-corrected chi connectivity index (χ2v) is 9.95. The maximum atomic E-state index is 9.91. The van der Waals surface area contributed by atoms with Gasteiger partial charge in [-0.1, -0.05) is 18.6 Å². The van der Waals surface area contributed by atoms with Crippen LogP contribution in [0.2, 0.25) is 0 Å².